The lowest BCUT2D eigenvalue weighted by molar-refractivity contribution is 0.119. The van der Waals surface area contributed by atoms with Crippen molar-refractivity contribution in [2.75, 3.05) is 25.0 Å². The third kappa shape index (κ3) is 5.81. The van der Waals surface area contributed by atoms with E-state index >= 15 is 0 Å². The van der Waals surface area contributed by atoms with Gasteiger partial charge in [0.1, 0.15) is 0 Å². The molecule has 3 aromatic rings. The molecule has 37 heavy (non-hydrogen) atoms. The van der Waals surface area contributed by atoms with Gasteiger partial charge < -0.3 is 10.6 Å². The summed E-state index contributed by atoms with van der Waals surface area (Å²) in [4.78, 5) is 2.86. The minimum atomic E-state index is 0.441. The van der Waals surface area contributed by atoms with E-state index in [-0.39, 0.29) is 0 Å². The van der Waals surface area contributed by atoms with E-state index in [1.165, 1.54) is 74.5 Å². The van der Waals surface area contributed by atoms with Gasteiger partial charge in [-0.25, -0.2) is 0 Å². The highest BCUT2D eigenvalue weighted by molar-refractivity contribution is 6.69. The summed E-state index contributed by atoms with van der Waals surface area (Å²) in [5.74, 6) is 0.441. The standard InChI is InChI=1S/C33H42BN3/c1-2-7-15-27(21-20-26(14-4-1)36-25-12-5-3-6-13-25)37-23-22-35-32(24-37)33-28-16-8-10-18-30(28)34-31-19-11-9-17-29(31)33/h3,5-6,8-13,16-19,26-27,32-36H,1-2,4,7,14-15,20-24H2. The number of rotatable bonds is 4. The zero-order chi connectivity index (χ0) is 24.9. The van der Waals surface area contributed by atoms with Crippen molar-refractivity contribution in [2.45, 2.75) is 75.4 Å². The molecule has 3 unspecified atom stereocenters. The van der Waals surface area contributed by atoms with E-state index in [1.54, 1.807) is 11.1 Å². The van der Waals surface area contributed by atoms with E-state index in [4.69, 9.17) is 0 Å². The minimum absolute atomic E-state index is 0.441. The fraction of sp³-hybridized carbons (Fsp3) is 0.455. The van der Waals surface area contributed by atoms with Crippen molar-refractivity contribution in [1.29, 1.82) is 0 Å². The Bertz CT molecular complexity index is 1100. The predicted octanol–water partition coefficient (Wildman–Crippen LogP) is 4.78. The van der Waals surface area contributed by atoms with Crippen molar-refractivity contribution < 1.29 is 0 Å². The Balaban J connectivity index is 1.19. The number of benzene rings is 3. The van der Waals surface area contributed by atoms with Gasteiger partial charge in [0.05, 0.1) is 0 Å². The van der Waals surface area contributed by atoms with E-state index in [0.717, 1.165) is 20.4 Å². The van der Waals surface area contributed by atoms with Crippen molar-refractivity contribution in [3.05, 3.63) is 90.0 Å². The minimum Gasteiger partial charge on any atom is -0.382 e. The summed E-state index contributed by atoms with van der Waals surface area (Å²) >= 11 is 0. The SMILES string of the molecule is B1c2ccccc2C(C2CN(C3CCCCCCC(Nc4ccccc4)CC3)CCN2)c2ccccc21. The number of anilines is 1. The Morgan fingerprint density at radius 3 is 2.14 bits per heavy atom. The van der Waals surface area contributed by atoms with Crippen LogP contribution >= 0.6 is 0 Å². The molecular weight excluding hydrogens is 449 g/mol. The molecular formula is C33H42BN3. The second kappa shape index (κ2) is 11.9. The molecule has 6 rings (SSSR count). The molecule has 0 aromatic heterocycles. The summed E-state index contributed by atoms with van der Waals surface area (Å²) < 4.78 is 0. The van der Waals surface area contributed by atoms with Crippen LogP contribution in [0, 0.1) is 0 Å². The Labute approximate surface area is 224 Å². The van der Waals surface area contributed by atoms with Crippen LogP contribution in [0.1, 0.15) is 68.4 Å². The molecule has 3 aliphatic rings. The second-order valence-corrected chi connectivity index (χ2v) is 11.5. The van der Waals surface area contributed by atoms with E-state index in [2.05, 4.69) is 94.4 Å². The van der Waals surface area contributed by atoms with Gasteiger partial charge in [-0.05, 0) is 48.9 Å². The van der Waals surface area contributed by atoms with Crippen LogP contribution in [0.4, 0.5) is 5.69 Å². The van der Waals surface area contributed by atoms with Crippen LogP contribution < -0.4 is 21.6 Å². The topological polar surface area (TPSA) is 27.3 Å². The lowest BCUT2D eigenvalue weighted by Crippen LogP contribution is -2.58. The van der Waals surface area contributed by atoms with Crippen LogP contribution in [0.5, 0.6) is 0 Å². The van der Waals surface area contributed by atoms with Gasteiger partial charge in [0.15, 0.2) is 7.28 Å². The molecule has 192 valence electrons. The van der Waals surface area contributed by atoms with E-state index in [9.17, 15) is 0 Å². The molecule has 1 saturated carbocycles. The smallest absolute Gasteiger partial charge is 0.193 e. The van der Waals surface area contributed by atoms with Gasteiger partial charge in [0.2, 0.25) is 0 Å². The summed E-state index contributed by atoms with van der Waals surface area (Å²) in [7, 11) is 1.07. The summed E-state index contributed by atoms with van der Waals surface area (Å²) in [6.45, 7) is 3.41. The van der Waals surface area contributed by atoms with Gasteiger partial charge in [-0.3, -0.25) is 4.90 Å². The third-order valence-electron chi connectivity index (χ3n) is 9.15. The van der Waals surface area contributed by atoms with Crippen LogP contribution in [0.25, 0.3) is 0 Å². The average Bonchev–Trinajstić information content (AvgIpc) is 2.95. The van der Waals surface area contributed by atoms with Gasteiger partial charge in [-0.2, -0.15) is 0 Å². The zero-order valence-corrected chi connectivity index (χ0v) is 22.2. The number of nitrogens with zero attached hydrogens (tertiary/aromatic N) is 1. The van der Waals surface area contributed by atoms with E-state index in [0.29, 0.717) is 24.0 Å². The van der Waals surface area contributed by atoms with Crippen LogP contribution in [0.3, 0.4) is 0 Å². The number of piperazine rings is 1. The fourth-order valence-electron chi connectivity index (χ4n) is 7.25. The summed E-state index contributed by atoms with van der Waals surface area (Å²) in [5, 5.41) is 7.85. The Hall–Kier alpha value is -2.56. The molecule has 2 aliphatic heterocycles. The van der Waals surface area contributed by atoms with Crippen LogP contribution in [-0.2, 0) is 0 Å². The molecule has 3 aromatic carbocycles. The lowest BCUT2D eigenvalue weighted by Gasteiger charge is -2.44. The normalized spacial score (nSPS) is 25.4. The lowest BCUT2D eigenvalue weighted by atomic mass is 9.53. The molecule has 3 atom stereocenters. The molecule has 0 radical (unpaired) electrons. The van der Waals surface area contributed by atoms with Gasteiger partial charge in [0, 0.05) is 49.4 Å². The largest absolute Gasteiger partial charge is 0.382 e. The molecule has 0 amide bonds. The molecule has 3 nitrogen and oxygen atoms in total. The first-order chi connectivity index (χ1) is 18.3. The first kappa shape index (κ1) is 24.8. The Kier molecular flexibility index (Phi) is 7.95. The molecule has 1 saturated heterocycles. The summed E-state index contributed by atoms with van der Waals surface area (Å²) in [6, 6.07) is 31.0. The van der Waals surface area contributed by atoms with Crippen LogP contribution in [0.2, 0.25) is 0 Å². The monoisotopic (exact) mass is 491 g/mol. The molecule has 0 bridgehead atoms. The Morgan fingerprint density at radius 2 is 1.38 bits per heavy atom. The van der Waals surface area contributed by atoms with Crippen molar-refractivity contribution >= 4 is 23.9 Å². The number of nitrogens with one attached hydrogen (secondary N) is 2. The van der Waals surface area contributed by atoms with Crippen molar-refractivity contribution in [3.8, 4) is 0 Å². The number of para-hydroxylation sites is 1. The molecule has 2 fully saturated rings. The zero-order valence-electron chi connectivity index (χ0n) is 22.2. The van der Waals surface area contributed by atoms with Crippen molar-refractivity contribution in [1.82, 2.24) is 10.2 Å². The highest BCUT2D eigenvalue weighted by atomic mass is 15.2. The molecule has 2 heterocycles. The number of hydrogen-bond acceptors (Lipinski definition) is 3. The summed E-state index contributed by atoms with van der Waals surface area (Å²) in [6.07, 6.45) is 10.7. The third-order valence-corrected chi connectivity index (χ3v) is 9.15. The Morgan fingerprint density at radius 1 is 0.703 bits per heavy atom. The highest BCUT2D eigenvalue weighted by Crippen LogP contribution is 2.32. The number of fused-ring (bicyclic) bond motifs is 2. The first-order valence-corrected chi connectivity index (χ1v) is 14.8. The fourth-order valence-corrected chi connectivity index (χ4v) is 7.25. The highest BCUT2D eigenvalue weighted by Gasteiger charge is 2.36. The quantitative estimate of drug-likeness (QED) is 0.515. The molecule has 2 N–H and O–H groups in total. The van der Waals surface area contributed by atoms with Gasteiger partial charge in [-0.15, -0.1) is 0 Å². The maximum Gasteiger partial charge on any atom is 0.193 e. The maximum absolute atomic E-state index is 3.98. The van der Waals surface area contributed by atoms with E-state index < -0.39 is 0 Å². The number of hydrogen-bond donors (Lipinski definition) is 2. The van der Waals surface area contributed by atoms with Gasteiger partial charge >= 0.3 is 0 Å². The molecule has 4 heteroatoms. The summed E-state index contributed by atoms with van der Waals surface area (Å²) in [5.41, 5.74) is 7.38. The van der Waals surface area contributed by atoms with Crippen LogP contribution in [-0.4, -0.2) is 49.9 Å². The van der Waals surface area contributed by atoms with Gasteiger partial charge in [0.25, 0.3) is 0 Å². The van der Waals surface area contributed by atoms with Crippen molar-refractivity contribution in [2.24, 2.45) is 0 Å². The predicted molar refractivity (Wildman–Crippen MR) is 159 cm³/mol. The van der Waals surface area contributed by atoms with Gasteiger partial charge in [-0.1, -0.05) is 103 Å². The average molecular weight is 492 g/mol. The van der Waals surface area contributed by atoms with Crippen molar-refractivity contribution in [3.63, 3.8) is 0 Å². The van der Waals surface area contributed by atoms with E-state index in [1.807, 2.05) is 0 Å². The first-order valence-electron chi connectivity index (χ1n) is 14.8. The maximum atomic E-state index is 3.98. The van der Waals surface area contributed by atoms with Crippen LogP contribution in [0.15, 0.2) is 78.9 Å². The molecule has 1 aliphatic carbocycles. The molecule has 0 spiro atoms. The second-order valence-electron chi connectivity index (χ2n) is 11.5.